The SMILES string of the molecule is Cc1cccc(C(C)C)c1NC(=O)c1ccc(NC2CCS(=O)(=O)C2)cn1. The van der Waals surface area contributed by atoms with Crippen LogP contribution in [0.4, 0.5) is 11.4 Å². The molecular formula is C20H25N3O3S. The molecule has 2 heterocycles. The normalized spacial score (nSPS) is 18.4. The first kappa shape index (κ1) is 19.4. The summed E-state index contributed by atoms with van der Waals surface area (Å²) in [6.45, 7) is 6.15. The number of benzene rings is 1. The molecule has 1 unspecified atom stereocenters. The van der Waals surface area contributed by atoms with Gasteiger partial charge in [0.05, 0.1) is 23.4 Å². The van der Waals surface area contributed by atoms with E-state index in [2.05, 4.69) is 29.5 Å². The molecule has 1 atom stereocenters. The molecule has 1 fully saturated rings. The maximum atomic E-state index is 12.6. The molecule has 0 radical (unpaired) electrons. The molecule has 2 aromatic rings. The van der Waals surface area contributed by atoms with Crippen LogP contribution in [0, 0.1) is 6.92 Å². The molecule has 0 spiro atoms. The zero-order chi connectivity index (χ0) is 19.6. The fraction of sp³-hybridized carbons (Fsp3) is 0.400. The second-order valence-electron chi connectivity index (χ2n) is 7.32. The van der Waals surface area contributed by atoms with Crippen LogP contribution in [0.3, 0.4) is 0 Å². The van der Waals surface area contributed by atoms with Crippen molar-refractivity contribution in [1.29, 1.82) is 0 Å². The number of anilines is 2. The van der Waals surface area contributed by atoms with Gasteiger partial charge in [-0.1, -0.05) is 32.0 Å². The Bertz CT molecular complexity index is 937. The topological polar surface area (TPSA) is 88.2 Å². The second kappa shape index (κ2) is 7.68. The number of carbonyl (C=O) groups excluding carboxylic acids is 1. The molecule has 0 aliphatic carbocycles. The first-order chi connectivity index (χ1) is 12.7. The van der Waals surface area contributed by atoms with E-state index < -0.39 is 9.84 Å². The van der Waals surface area contributed by atoms with Gasteiger partial charge in [-0.2, -0.15) is 0 Å². The van der Waals surface area contributed by atoms with E-state index in [0.29, 0.717) is 23.7 Å². The zero-order valence-corrected chi connectivity index (χ0v) is 16.6. The van der Waals surface area contributed by atoms with Gasteiger partial charge in [-0.25, -0.2) is 13.4 Å². The van der Waals surface area contributed by atoms with Crippen molar-refractivity contribution in [2.24, 2.45) is 0 Å². The Morgan fingerprint density at radius 3 is 2.59 bits per heavy atom. The number of rotatable bonds is 5. The van der Waals surface area contributed by atoms with E-state index in [0.717, 1.165) is 16.8 Å². The van der Waals surface area contributed by atoms with Crippen LogP contribution in [0.25, 0.3) is 0 Å². The number of hydrogen-bond donors (Lipinski definition) is 2. The van der Waals surface area contributed by atoms with E-state index >= 15 is 0 Å². The van der Waals surface area contributed by atoms with Crippen LogP contribution in [0.2, 0.25) is 0 Å². The lowest BCUT2D eigenvalue weighted by Gasteiger charge is -2.16. The second-order valence-corrected chi connectivity index (χ2v) is 9.55. The quantitative estimate of drug-likeness (QED) is 0.821. The Kier molecular flexibility index (Phi) is 5.51. The highest BCUT2D eigenvalue weighted by Gasteiger charge is 2.27. The number of pyridine rings is 1. The summed E-state index contributed by atoms with van der Waals surface area (Å²) in [6.07, 6.45) is 2.16. The highest BCUT2D eigenvalue weighted by atomic mass is 32.2. The van der Waals surface area contributed by atoms with Crippen molar-refractivity contribution in [3.05, 3.63) is 53.3 Å². The van der Waals surface area contributed by atoms with Crippen LogP contribution in [0.1, 0.15) is 47.8 Å². The largest absolute Gasteiger partial charge is 0.380 e. The number of hydrogen-bond acceptors (Lipinski definition) is 5. The van der Waals surface area contributed by atoms with Gasteiger partial charge in [-0.3, -0.25) is 4.79 Å². The van der Waals surface area contributed by atoms with Crippen LogP contribution in [0.15, 0.2) is 36.5 Å². The minimum Gasteiger partial charge on any atom is -0.380 e. The zero-order valence-electron chi connectivity index (χ0n) is 15.8. The Labute approximate surface area is 160 Å². The molecule has 7 heteroatoms. The summed E-state index contributed by atoms with van der Waals surface area (Å²) < 4.78 is 23.1. The molecule has 6 nitrogen and oxygen atoms in total. The van der Waals surface area contributed by atoms with Crippen molar-refractivity contribution in [3.8, 4) is 0 Å². The molecule has 2 N–H and O–H groups in total. The summed E-state index contributed by atoms with van der Waals surface area (Å²) >= 11 is 0. The van der Waals surface area contributed by atoms with E-state index in [-0.39, 0.29) is 23.5 Å². The summed E-state index contributed by atoms with van der Waals surface area (Å²) in [5.74, 6) is 0.386. The third-order valence-corrected chi connectivity index (χ3v) is 6.53. The smallest absolute Gasteiger partial charge is 0.274 e. The van der Waals surface area contributed by atoms with E-state index in [9.17, 15) is 13.2 Å². The van der Waals surface area contributed by atoms with Gasteiger partial charge >= 0.3 is 0 Å². The maximum Gasteiger partial charge on any atom is 0.274 e. The van der Waals surface area contributed by atoms with Crippen LogP contribution in [0.5, 0.6) is 0 Å². The van der Waals surface area contributed by atoms with Gasteiger partial charge in [0.25, 0.3) is 5.91 Å². The maximum absolute atomic E-state index is 12.6. The standard InChI is InChI=1S/C20H25N3O3S/c1-13(2)17-6-4-5-14(3)19(17)23-20(24)18-8-7-15(11-21-18)22-16-9-10-27(25,26)12-16/h4-8,11,13,16,22H,9-10,12H2,1-3H3,(H,23,24). The predicted octanol–water partition coefficient (Wildman–Crippen LogP) is 3.36. The van der Waals surface area contributed by atoms with Gasteiger partial charge in [0.1, 0.15) is 5.69 Å². The Morgan fingerprint density at radius 2 is 2.00 bits per heavy atom. The van der Waals surface area contributed by atoms with Crippen molar-refractivity contribution in [3.63, 3.8) is 0 Å². The van der Waals surface area contributed by atoms with Crippen LogP contribution >= 0.6 is 0 Å². The lowest BCUT2D eigenvalue weighted by Crippen LogP contribution is -2.21. The number of aromatic nitrogens is 1. The number of aryl methyl sites for hydroxylation is 1. The lowest BCUT2D eigenvalue weighted by molar-refractivity contribution is 0.102. The first-order valence-corrected chi connectivity index (χ1v) is 10.9. The van der Waals surface area contributed by atoms with E-state index in [1.165, 1.54) is 0 Å². The van der Waals surface area contributed by atoms with Gasteiger partial charge in [0, 0.05) is 11.7 Å². The molecule has 1 amide bonds. The lowest BCUT2D eigenvalue weighted by atomic mass is 9.98. The molecular weight excluding hydrogens is 362 g/mol. The number of carbonyl (C=O) groups is 1. The minimum atomic E-state index is -2.93. The third kappa shape index (κ3) is 4.66. The number of sulfone groups is 1. The summed E-state index contributed by atoms with van der Waals surface area (Å²) in [5.41, 5.74) is 3.96. The Hall–Kier alpha value is -2.41. The van der Waals surface area contributed by atoms with Gasteiger partial charge in [0.15, 0.2) is 9.84 Å². The van der Waals surface area contributed by atoms with Gasteiger partial charge in [0.2, 0.25) is 0 Å². The fourth-order valence-corrected chi connectivity index (χ4v) is 4.95. The summed E-state index contributed by atoms with van der Waals surface area (Å²) in [5, 5.41) is 6.15. The van der Waals surface area contributed by atoms with Crippen molar-refractivity contribution in [2.75, 3.05) is 22.1 Å². The average Bonchev–Trinajstić information content (AvgIpc) is 2.95. The van der Waals surface area contributed by atoms with Crippen molar-refractivity contribution >= 4 is 27.1 Å². The van der Waals surface area contributed by atoms with Gasteiger partial charge in [-0.15, -0.1) is 0 Å². The third-order valence-electron chi connectivity index (χ3n) is 4.76. The number of nitrogens with zero attached hydrogens (tertiary/aromatic N) is 1. The molecule has 1 saturated heterocycles. The molecule has 27 heavy (non-hydrogen) atoms. The Morgan fingerprint density at radius 1 is 1.22 bits per heavy atom. The predicted molar refractivity (Wildman–Crippen MR) is 108 cm³/mol. The van der Waals surface area contributed by atoms with E-state index in [1.807, 2.05) is 25.1 Å². The van der Waals surface area contributed by atoms with Crippen LogP contribution in [-0.4, -0.2) is 36.9 Å². The highest BCUT2D eigenvalue weighted by Crippen LogP contribution is 2.27. The van der Waals surface area contributed by atoms with Crippen molar-refractivity contribution < 1.29 is 13.2 Å². The first-order valence-electron chi connectivity index (χ1n) is 9.09. The van der Waals surface area contributed by atoms with Crippen molar-refractivity contribution in [2.45, 2.75) is 39.2 Å². The number of amides is 1. The molecule has 1 aromatic heterocycles. The number of nitrogens with one attached hydrogen (secondary N) is 2. The highest BCUT2D eigenvalue weighted by molar-refractivity contribution is 7.91. The van der Waals surface area contributed by atoms with Crippen LogP contribution < -0.4 is 10.6 Å². The molecule has 144 valence electrons. The van der Waals surface area contributed by atoms with Gasteiger partial charge < -0.3 is 10.6 Å². The van der Waals surface area contributed by atoms with Crippen LogP contribution in [-0.2, 0) is 9.84 Å². The van der Waals surface area contributed by atoms with Crippen molar-refractivity contribution in [1.82, 2.24) is 4.98 Å². The van der Waals surface area contributed by atoms with E-state index in [1.54, 1.807) is 18.3 Å². The molecule has 3 rings (SSSR count). The average molecular weight is 388 g/mol. The molecule has 0 saturated carbocycles. The monoisotopic (exact) mass is 387 g/mol. The Balaban J connectivity index is 1.70. The molecule has 1 aliphatic rings. The summed E-state index contributed by atoms with van der Waals surface area (Å²) in [4.78, 5) is 16.8. The van der Waals surface area contributed by atoms with E-state index in [4.69, 9.17) is 0 Å². The summed E-state index contributed by atoms with van der Waals surface area (Å²) in [7, 11) is -2.93. The fourth-order valence-electron chi connectivity index (χ4n) is 3.28. The summed E-state index contributed by atoms with van der Waals surface area (Å²) in [6, 6.07) is 9.28. The number of para-hydroxylation sites is 1. The van der Waals surface area contributed by atoms with Gasteiger partial charge in [-0.05, 0) is 42.5 Å². The molecule has 1 aliphatic heterocycles. The molecule has 1 aromatic carbocycles. The molecule has 0 bridgehead atoms. The minimum absolute atomic E-state index is 0.1000.